The van der Waals surface area contributed by atoms with E-state index in [1.165, 1.54) is 0 Å². The van der Waals surface area contributed by atoms with Crippen molar-refractivity contribution in [1.82, 2.24) is 4.98 Å². The second-order valence-corrected chi connectivity index (χ2v) is 2.74. The monoisotopic (exact) mass is 151 g/mol. The standard InChI is InChI=1S/C8H13N3/c1-5-3-6(2)11-7(4-5)8(9)10/h3-4,8H,9-10H2,1-2H3. The summed E-state index contributed by atoms with van der Waals surface area (Å²) in [5.41, 5.74) is 13.8. The number of hydrogen-bond acceptors (Lipinski definition) is 3. The van der Waals surface area contributed by atoms with Gasteiger partial charge in [0.05, 0.1) is 11.9 Å². The van der Waals surface area contributed by atoms with Crippen molar-refractivity contribution in [2.45, 2.75) is 20.0 Å². The highest BCUT2D eigenvalue weighted by Gasteiger charge is 2.01. The zero-order valence-electron chi connectivity index (χ0n) is 6.83. The van der Waals surface area contributed by atoms with Gasteiger partial charge in [-0.05, 0) is 31.5 Å². The smallest absolute Gasteiger partial charge is 0.0960 e. The maximum absolute atomic E-state index is 5.47. The van der Waals surface area contributed by atoms with Crippen LogP contribution >= 0.6 is 0 Å². The van der Waals surface area contributed by atoms with E-state index in [2.05, 4.69) is 4.98 Å². The molecule has 60 valence electrons. The zero-order valence-corrected chi connectivity index (χ0v) is 6.83. The normalized spacial score (nSPS) is 10.6. The highest BCUT2D eigenvalue weighted by atomic mass is 14.9. The Morgan fingerprint density at radius 2 is 1.91 bits per heavy atom. The lowest BCUT2D eigenvalue weighted by molar-refractivity contribution is 0.736. The first-order valence-electron chi connectivity index (χ1n) is 3.56. The molecule has 0 fully saturated rings. The molecule has 1 rings (SSSR count). The molecule has 3 heteroatoms. The van der Waals surface area contributed by atoms with Crippen LogP contribution in [0, 0.1) is 13.8 Å². The second kappa shape index (κ2) is 2.98. The van der Waals surface area contributed by atoms with Crippen molar-refractivity contribution in [2.75, 3.05) is 0 Å². The molecule has 0 aliphatic heterocycles. The molecule has 0 atom stereocenters. The highest BCUT2D eigenvalue weighted by Crippen LogP contribution is 2.06. The molecule has 11 heavy (non-hydrogen) atoms. The van der Waals surface area contributed by atoms with E-state index in [4.69, 9.17) is 11.5 Å². The van der Waals surface area contributed by atoms with Crippen LogP contribution in [-0.2, 0) is 0 Å². The Hall–Kier alpha value is -0.930. The molecule has 0 saturated carbocycles. The predicted octanol–water partition coefficient (Wildman–Crippen LogP) is 0.614. The number of aromatic nitrogens is 1. The van der Waals surface area contributed by atoms with Gasteiger partial charge in [-0.2, -0.15) is 0 Å². The van der Waals surface area contributed by atoms with Crippen molar-refractivity contribution >= 4 is 0 Å². The number of nitrogens with two attached hydrogens (primary N) is 2. The molecular formula is C8H13N3. The van der Waals surface area contributed by atoms with E-state index in [9.17, 15) is 0 Å². The van der Waals surface area contributed by atoms with E-state index >= 15 is 0 Å². The van der Waals surface area contributed by atoms with Crippen LogP contribution < -0.4 is 11.5 Å². The molecule has 0 unspecified atom stereocenters. The van der Waals surface area contributed by atoms with E-state index in [-0.39, 0.29) is 0 Å². The van der Waals surface area contributed by atoms with Gasteiger partial charge in [0.1, 0.15) is 0 Å². The predicted molar refractivity (Wildman–Crippen MR) is 44.8 cm³/mol. The molecule has 1 aromatic heterocycles. The van der Waals surface area contributed by atoms with E-state index in [1.807, 2.05) is 26.0 Å². The lowest BCUT2D eigenvalue weighted by Gasteiger charge is -2.06. The Bertz CT molecular complexity index is 235. The summed E-state index contributed by atoms with van der Waals surface area (Å²) >= 11 is 0. The van der Waals surface area contributed by atoms with E-state index in [0.29, 0.717) is 0 Å². The first-order valence-corrected chi connectivity index (χ1v) is 3.56. The van der Waals surface area contributed by atoms with Crippen LogP contribution in [0.1, 0.15) is 23.1 Å². The Morgan fingerprint density at radius 1 is 1.27 bits per heavy atom. The summed E-state index contributed by atoms with van der Waals surface area (Å²) in [6.45, 7) is 3.93. The number of hydrogen-bond donors (Lipinski definition) is 2. The van der Waals surface area contributed by atoms with Crippen molar-refractivity contribution in [3.8, 4) is 0 Å². The summed E-state index contributed by atoms with van der Waals surface area (Å²) in [4.78, 5) is 4.18. The number of pyridine rings is 1. The van der Waals surface area contributed by atoms with Crippen LogP contribution in [0.4, 0.5) is 0 Å². The first-order chi connectivity index (χ1) is 5.09. The summed E-state index contributed by atoms with van der Waals surface area (Å²) in [5.74, 6) is 0. The summed E-state index contributed by atoms with van der Waals surface area (Å²) in [7, 11) is 0. The van der Waals surface area contributed by atoms with E-state index in [1.54, 1.807) is 0 Å². The van der Waals surface area contributed by atoms with Crippen molar-refractivity contribution in [3.63, 3.8) is 0 Å². The molecule has 1 aromatic rings. The summed E-state index contributed by atoms with van der Waals surface area (Å²) in [6.07, 6.45) is -0.464. The van der Waals surface area contributed by atoms with Crippen LogP contribution in [0.15, 0.2) is 12.1 Å². The van der Waals surface area contributed by atoms with Crippen molar-refractivity contribution in [2.24, 2.45) is 11.5 Å². The minimum absolute atomic E-state index is 0.464. The Morgan fingerprint density at radius 3 is 2.36 bits per heavy atom. The van der Waals surface area contributed by atoms with Crippen LogP contribution in [-0.4, -0.2) is 4.98 Å². The van der Waals surface area contributed by atoms with Gasteiger partial charge in [-0.15, -0.1) is 0 Å². The SMILES string of the molecule is Cc1cc(C)nc(C(N)N)c1. The molecule has 1 heterocycles. The summed E-state index contributed by atoms with van der Waals surface area (Å²) < 4.78 is 0. The topological polar surface area (TPSA) is 64.9 Å². The lowest BCUT2D eigenvalue weighted by atomic mass is 10.2. The maximum Gasteiger partial charge on any atom is 0.0960 e. The fourth-order valence-electron chi connectivity index (χ4n) is 1.04. The molecule has 0 amide bonds. The van der Waals surface area contributed by atoms with Crippen molar-refractivity contribution < 1.29 is 0 Å². The van der Waals surface area contributed by atoms with Crippen LogP contribution in [0.3, 0.4) is 0 Å². The maximum atomic E-state index is 5.47. The Labute approximate surface area is 66.4 Å². The van der Waals surface area contributed by atoms with E-state index < -0.39 is 6.17 Å². The Kier molecular flexibility index (Phi) is 2.22. The molecule has 0 aliphatic rings. The molecule has 3 nitrogen and oxygen atoms in total. The minimum atomic E-state index is -0.464. The molecule has 0 saturated heterocycles. The fourth-order valence-corrected chi connectivity index (χ4v) is 1.04. The van der Waals surface area contributed by atoms with E-state index in [0.717, 1.165) is 17.0 Å². The lowest BCUT2D eigenvalue weighted by Crippen LogP contribution is -2.21. The average molecular weight is 151 g/mol. The van der Waals surface area contributed by atoms with Crippen molar-refractivity contribution in [1.29, 1.82) is 0 Å². The third-order valence-corrected chi connectivity index (χ3v) is 1.46. The van der Waals surface area contributed by atoms with Gasteiger partial charge in [-0.3, -0.25) is 4.98 Å². The molecular weight excluding hydrogens is 138 g/mol. The Balaban J connectivity index is 3.08. The largest absolute Gasteiger partial charge is 0.311 e. The fraction of sp³-hybridized carbons (Fsp3) is 0.375. The van der Waals surface area contributed by atoms with Crippen LogP contribution in [0.25, 0.3) is 0 Å². The number of nitrogens with zero attached hydrogens (tertiary/aromatic N) is 1. The molecule has 0 aromatic carbocycles. The van der Waals surface area contributed by atoms with Gasteiger partial charge in [0.25, 0.3) is 0 Å². The third kappa shape index (κ3) is 2.00. The summed E-state index contributed by atoms with van der Waals surface area (Å²) in [5, 5.41) is 0. The van der Waals surface area contributed by atoms with Gasteiger partial charge in [-0.1, -0.05) is 0 Å². The highest BCUT2D eigenvalue weighted by molar-refractivity contribution is 5.20. The van der Waals surface area contributed by atoms with Gasteiger partial charge < -0.3 is 11.5 Å². The van der Waals surface area contributed by atoms with Gasteiger partial charge in [0.15, 0.2) is 0 Å². The van der Waals surface area contributed by atoms with Crippen molar-refractivity contribution in [3.05, 3.63) is 29.1 Å². The third-order valence-electron chi connectivity index (χ3n) is 1.46. The molecule has 0 spiro atoms. The number of aryl methyl sites for hydroxylation is 2. The average Bonchev–Trinajstić information content (AvgIpc) is 1.85. The van der Waals surface area contributed by atoms with Crippen LogP contribution in [0.5, 0.6) is 0 Å². The molecule has 0 bridgehead atoms. The summed E-state index contributed by atoms with van der Waals surface area (Å²) in [6, 6.07) is 3.89. The zero-order chi connectivity index (χ0) is 8.43. The molecule has 0 radical (unpaired) electrons. The first kappa shape index (κ1) is 8.17. The van der Waals surface area contributed by atoms with Gasteiger partial charge >= 0.3 is 0 Å². The van der Waals surface area contributed by atoms with Gasteiger partial charge in [0, 0.05) is 5.69 Å². The number of rotatable bonds is 1. The van der Waals surface area contributed by atoms with Gasteiger partial charge in [-0.25, -0.2) is 0 Å². The molecule has 4 N–H and O–H groups in total. The minimum Gasteiger partial charge on any atom is -0.311 e. The van der Waals surface area contributed by atoms with Crippen LogP contribution in [0.2, 0.25) is 0 Å². The van der Waals surface area contributed by atoms with Gasteiger partial charge in [0.2, 0.25) is 0 Å². The molecule has 0 aliphatic carbocycles. The second-order valence-electron chi connectivity index (χ2n) is 2.74. The quantitative estimate of drug-likeness (QED) is 0.578.